The number of hydrogen-bond donors (Lipinski definition) is 1. The molecule has 0 unspecified atom stereocenters. The van der Waals surface area contributed by atoms with Crippen LogP contribution in [0.25, 0.3) is 0 Å². The van der Waals surface area contributed by atoms with Gasteiger partial charge in [-0.3, -0.25) is 0 Å². The third-order valence-corrected chi connectivity index (χ3v) is 2.96. The number of benzene rings is 1. The molecule has 0 amide bonds. The van der Waals surface area contributed by atoms with E-state index in [4.69, 9.17) is 4.74 Å². The van der Waals surface area contributed by atoms with Crippen molar-refractivity contribution in [2.24, 2.45) is 5.92 Å². The molecule has 1 aliphatic heterocycles. The zero-order chi connectivity index (χ0) is 12.3. The Kier molecular flexibility index (Phi) is 3.89. The molecule has 1 aromatic rings. The van der Waals surface area contributed by atoms with Crippen molar-refractivity contribution in [3.05, 3.63) is 29.6 Å². The third kappa shape index (κ3) is 2.91. The maximum atomic E-state index is 13.3. The highest BCUT2D eigenvalue weighted by Gasteiger charge is 2.16. The Hall–Kier alpha value is -1.23. The van der Waals surface area contributed by atoms with Crippen molar-refractivity contribution < 1.29 is 17.9 Å². The monoisotopic (exact) mass is 245 g/mol. The van der Waals surface area contributed by atoms with Gasteiger partial charge in [0.2, 0.25) is 0 Å². The van der Waals surface area contributed by atoms with Crippen LogP contribution in [0.5, 0.6) is 0 Å². The van der Waals surface area contributed by atoms with Gasteiger partial charge in [0, 0.05) is 19.8 Å². The highest BCUT2D eigenvalue weighted by atomic mass is 19.2. The lowest BCUT2D eigenvalue weighted by molar-refractivity contribution is 0.0699. The number of nitrogens with one attached hydrogen (secondary N) is 1. The highest BCUT2D eigenvalue weighted by Crippen LogP contribution is 2.21. The lowest BCUT2D eigenvalue weighted by Gasteiger charge is -2.22. The summed E-state index contributed by atoms with van der Waals surface area (Å²) in [6.07, 6.45) is 1.80. The van der Waals surface area contributed by atoms with Crippen LogP contribution in [0.15, 0.2) is 12.1 Å². The van der Waals surface area contributed by atoms with E-state index < -0.39 is 17.5 Å². The van der Waals surface area contributed by atoms with Gasteiger partial charge in [-0.05, 0) is 30.9 Å². The van der Waals surface area contributed by atoms with Crippen LogP contribution in [-0.4, -0.2) is 19.8 Å². The predicted octanol–water partition coefficient (Wildman–Crippen LogP) is 2.94. The van der Waals surface area contributed by atoms with Gasteiger partial charge in [-0.2, -0.15) is 0 Å². The van der Waals surface area contributed by atoms with E-state index in [0.717, 1.165) is 18.9 Å². The molecule has 94 valence electrons. The molecule has 2 nitrogen and oxygen atoms in total. The van der Waals surface area contributed by atoms with E-state index in [-0.39, 0.29) is 5.69 Å². The number of hydrogen-bond acceptors (Lipinski definition) is 2. The van der Waals surface area contributed by atoms with Crippen molar-refractivity contribution in [3.8, 4) is 0 Å². The van der Waals surface area contributed by atoms with Gasteiger partial charge in [0.25, 0.3) is 0 Å². The molecule has 1 aliphatic rings. The van der Waals surface area contributed by atoms with Crippen LogP contribution in [0.4, 0.5) is 18.9 Å². The molecule has 5 heteroatoms. The maximum Gasteiger partial charge on any atom is 0.196 e. The van der Waals surface area contributed by atoms with Crippen LogP contribution < -0.4 is 5.32 Å². The molecule has 1 N–H and O–H groups in total. The first-order chi connectivity index (χ1) is 8.18. The van der Waals surface area contributed by atoms with Crippen LogP contribution in [0.3, 0.4) is 0 Å². The maximum absolute atomic E-state index is 13.3. The lowest BCUT2D eigenvalue weighted by atomic mass is 10.0. The van der Waals surface area contributed by atoms with Crippen molar-refractivity contribution in [3.63, 3.8) is 0 Å². The Balaban J connectivity index is 1.96. The van der Waals surface area contributed by atoms with Gasteiger partial charge < -0.3 is 10.1 Å². The Morgan fingerprint density at radius 3 is 2.53 bits per heavy atom. The first-order valence-electron chi connectivity index (χ1n) is 5.63. The fourth-order valence-electron chi connectivity index (χ4n) is 1.87. The largest absolute Gasteiger partial charge is 0.382 e. The second-order valence-electron chi connectivity index (χ2n) is 4.16. The van der Waals surface area contributed by atoms with Crippen LogP contribution in [0.2, 0.25) is 0 Å². The average Bonchev–Trinajstić information content (AvgIpc) is 2.36. The summed E-state index contributed by atoms with van der Waals surface area (Å²) in [6, 6.07) is 2.14. The van der Waals surface area contributed by atoms with Gasteiger partial charge in [0.05, 0.1) is 5.69 Å². The van der Waals surface area contributed by atoms with E-state index in [1.165, 1.54) is 6.07 Å². The molecule has 17 heavy (non-hydrogen) atoms. The number of halogens is 3. The summed E-state index contributed by atoms with van der Waals surface area (Å²) in [6.45, 7) is 1.95. The minimum atomic E-state index is -1.43. The van der Waals surface area contributed by atoms with Gasteiger partial charge in [-0.1, -0.05) is 0 Å². The first kappa shape index (κ1) is 12.2. The Morgan fingerprint density at radius 2 is 1.82 bits per heavy atom. The summed E-state index contributed by atoms with van der Waals surface area (Å²) in [5.74, 6) is -3.37. The Labute approximate surface area is 97.8 Å². The van der Waals surface area contributed by atoms with Crippen molar-refractivity contribution in [1.29, 1.82) is 0 Å². The molecular formula is C12H14F3NO. The van der Waals surface area contributed by atoms with Crippen LogP contribution in [-0.2, 0) is 4.74 Å². The standard InChI is InChI=1S/C12H14F3NO/c13-9-1-2-10(12(15)11(9)14)16-7-8-3-5-17-6-4-8/h1-2,8,16H,3-7H2. The van der Waals surface area contributed by atoms with Gasteiger partial charge in [0.15, 0.2) is 17.5 Å². The molecule has 2 rings (SSSR count). The van der Waals surface area contributed by atoms with Gasteiger partial charge in [0.1, 0.15) is 0 Å². The van der Waals surface area contributed by atoms with Crippen LogP contribution in [0.1, 0.15) is 12.8 Å². The summed E-state index contributed by atoms with van der Waals surface area (Å²) in [5.41, 5.74) is 0.00962. The van der Waals surface area contributed by atoms with E-state index in [9.17, 15) is 13.2 Å². The van der Waals surface area contributed by atoms with Crippen molar-refractivity contribution in [1.82, 2.24) is 0 Å². The molecule has 0 bridgehead atoms. The number of anilines is 1. The van der Waals surface area contributed by atoms with Gasteiger partial charge >= 0.3 is 0 Å². The Morgan fingerprint density at radius 1 is 1.12 bits per heavy atom. The van der Waals surface area contributed by atoms with E-state index in [0.29, 0.717) is 25.7 Å². The molecule has 0 saturated carbocycles. The first-order valence-corrected chi connectivity index (χ1v) is 5.63. The van der Waals surface area contributed by atoms with E-state index in [2.05, 4.69) is 5.32 Å². The zero-order valence-corrected chi connectivity index (χ0v) is 9.31. The molecule has 0 aliphatic carbocycles. The summed E-state index contributed by atoms with van der Waals surface area (Å²) in [7, 11) is 0. The smallest absolute Gasteiger partial charge is 0.196 e. The van der Waals surface area contributed by atoms with Crippen LogP contribution in [0, 0.1) is 23.4 Å². The summed E-state index contributed by atoms with van der Waals surface area (Å²) >= 11 is 0. The fraction of sp³-hybridized carbons (Fsp3) is 0.500. The van der Waals surface area contributed by atoms with E-state index in [1.807, 2.05) is 0 Å². The molecule has 0 atom stereocenters. The SMILES string of the molecule is Fc1ccc(NCC2CCOCC2)c(F)c1F. The van der Waals surface area contributed by atoms with Crippen molar-refractivity contribution >= 4 is 5.69 Å². The third-order valence-electron chi connectivity index (χ3n) is 2.96. The average molecular weight is 245 g/mol. The molecule has 1 heterocycles. The van der Waals surface area contributed by atoms with Gasteiger partial charge in [-0.25, -0.2) is 13.2 Å². The normalized spacial score (nSPS) is 17.1. The topological polar surface area (TPSA) is 21.3 Å². The van der Waals surface area contributed by atoms with Gasteiger partial charge in [-0.15, -0.1) is 0 Å². The van der Waals surface area contributed by atoms with Crippen molar-refractivity contribution in [2.45, 2.75) is 12.8 Å². The quantitative estimate of drug-likeness (QED) is 0.827. The Bertz CT molecular complexity index is 392. The highest BCUT2D eigenvalue weighted by molar-refractivity contribution is 5.45. The second-order valence-corrected chi connectivity index (χ2v) is 4.16. The van der Waals surface area contributed by atoms with Crippen molar-refractivity contribution in [2.75, 3.05) is 25.1 Å². The zero-order valence-electron chi connectivity index (χ0n) is 9.31. The number of rotatable bonds is 3. The number of ether oxygens (including phenoxy) is 1. The fourth-order valence-corrected chi connectivity index (χ4v) is 1.87. The molecule has 1 saturated heterocycles. The lowest BCUT2D eigenvalue weighted by Crippen LogP contribution is -2.23. The molecule has 1 aromatic carbocycles. The summed E-state index contributed by atoms with van der Waals surface area (Å²) in [5, 5.41) is 2.81. The van der Waals surface area contributed by atoms with E-state index >= 15 is 0 Å². The summed E-state index contributed by atoms with van der Waals surface area (Å²) < 4.78 is 44.2. The van der Waals surface area contributed by atoms with E-state index in [1.54, 1.807) is 0 Å². The molecule has 0 radical (unpaired) electrons. The van der Waals surface area contributed by atoms with Crippen LogP contribution >= 0.6 is 0 Å². The second kappa shape index (κ2) is 5.40. The molecule has 0 aromatic heterocycles. The minimum absolute atomic E-state index is 0.00962. The summed E-state index contributed by atoms with van der Waals surface area (Å²) in [4.78, 5) is 0. The molecule has 0 spiro atoms. The predicted molar refractivity (Wildman–Crippen MR) is 58.3 cm³/mol. The minimum Gasteiger partial charge on any atom is -0.382 e. The molecule has 1 fully saturated rings. The molecular weight excluding hydrogens is 231 g/mol.